The van der Waals surface area contributed by atoms with Gasteiger partial charge < -0.3 is 10.1 Å². The first-order chi connectivity index (χ1) is 9.58. The summed E-state index contributed by atoms with van der Waals surface area (Å²) in [6.07, 6.45) is 5.07. The second-order valence-corrected chi connectivity index (χ2v) is 5.24. The summed E-state index contributed by atoms with van der Waals surface area (Å²) in [5, 5.41) is 9.21. The third kappa shape index (κ3) is 1.99. The lowest BCUT2D eigenvalue weighted by atomic mass is 9.95. The Morgan fingerprint density at radius 1 is 1.30 bits per heavy atom. The number of aromatic amines is 1. The normalized spacial score (nSPS) is 15.8. The largest absolute Gasteiger partial charge is 0.477 e. The van der Waals surface area contributed by atoms with Crippen LogP contribution < -0.4 is 5.43 Å². The molecule has 104 valence electrons. The average Bonchev–Trinajstić information content (AvgIpc) is 2.91. The molecule has 3 rings (SSSR count). The van der Waals surface area contributed by atoms with Crippen molar-refractivity contribution in [1.29, 1.82) is 0 Å². The van der Waals surface area contributed by atoms with Gasteiger partial charge >= 0.3 is 5.97 Å². The summed E-state index contributed by atoms with van der Waals surface area (Å²) in [6, 6.07) is 2.81. The van der Waals surface area contributed by atoms with Crippen LogP contribution in [0.4, 0.5) is 4.39 Å². The number of hydrogen-bond donors (Lipinski definition) is 2. The number of H-pyrrole nitrogens is 1. The SMILES string of the molecule is O=C(O)c1c[nH]c2cc(F)c(C3CCCC3)cc2c1=O. The molecule has 1 aliphatic carbocycles. The molecule has 4 nitrogen and oxygen atoms in total. The highest BCUT2D eigenvalue weighted by Crippen LogP contribution is 2.36. The molecule has 0 atom stereocenters. The highest BCUT2D eigenvalue weighted by Gasteiger charge is 2.22. The monoisotopic (exact) mass is 275 g/mol. The summed E-state index contributed by atoms with van der Waals surface area (Å²) >= 11 is 0. The number of aromatic nitrogens is 1. The molecule has 1 aromatic carbocycles. The zero-order valence-electron chi connectivity index (χ0n) is 10.8. The second kappa shape index (κ2) is 4.74. The first kappa shape index (κ1) is 12.8. The van der Waals surface area contributed by atoms with Crippen LogP contribution in [0.2, 0.25) is 0 Å². The van der Waals surface area contributed by atoms with Gasteiger partial charge in [-0.1, -0.05) is 12.8 Å². The lowest BCUT2D eigenvalue weighted by molar-refractivity contribution is 0.0695. The van der Waals surface area contributed by atoms with Crippen LogP contribution in [0.5, 0.6) is 0 Å². The van der Waals surface area contributed by atoms with Gasteiger partial charge in [-0.3, -0.25) is 4.79 Å². The van der Waals surface area contributed by atoms with Gasteiger partial charge in [-0.2, -0.15) is 0 Å². The van der Waals surface area contributed by atoms with E-state index in [1.54, 1.807) is 0 Å². The van der Waals surface area contributed by atoms with Crippen molar-refractivity contribution in [3.63, 3.8) is 0 Å². The number of nitrogens with one attached hydrogen (secondary N) is 1. The van der Waals surface area contributed by atoms with Gasteiger partial charge in [-0.25, -0.2) is 9.18 Å². The molecule has 2 N–H and O–H groups in total. The molecule has 1 aromatic heterocycles. The molecule has 0 spiro atoms. The molecule has 5 heteroatoms. The summed E-state index contributed by atoms with van der Waals surface area (Å²) in [5.41, 5.74) is -0.0192. The maximum Gasteiger partial charge on any atom is 0.341 e. The fourth-order valence-electron chi connectivity index (χ4n) is 2.97. The van der Waals surface area contributed by atoms with Gasteiger partial charge in [0.25, 0.3) is 0 Å². The zero-order chi connectivity index (χ0) is 14.3. The van der Waals surface area contributed by atoms with Crippen molar-refractivity contribution in [3.8, 4) is 0 Å². The zero-order valence-corrected chi connectivity index (χ0v) is 10.8. The Morgan fingerprint density at radius 3 is 2.65 bits per heavy atom. The summed E-state index contributed by atoms with van der Waals surface area (Å²) in [5.74, 6) is -1.48. The van der Waals surface area contributed by atoms with Crippen molar-refractivity contribution < 1.29 is 14.3 Å². The number of halogens is 1. The van der Waals surface area contributed by atoms with Crippen molar-refractivity contribution in [2.75, 3.05) is 0 Å². The summed E-state index contributed by atoms with van der Waals surface area (Å²) < 4.78 is 14.1. The van der Waals surface area contributed by atoms with E-state index in [1.165, 1.54) is 12.1 Å². The molecule has 1 fully saturated rings. The molecule has 0 aliphatic heterocycles. The van der Waals surface area contributed by atoms with Crippen LogP contribution in [-0.2, 0) is 0 Å². The maximum atomic E-state index is 14.1. The van der Waals surface area contributed by atoms with Crippen molar-refractivity contribution in [1.82, 2.24) is 4.98 Å². The minimum Gasteiger partial charge on any atom is -0.477 e. The van der Waals surface area contributed by atoms with E-state index in [-0.39, 0.29) is 22.7 Å². The number of rotatable bonds is 2. The number of benzene rings is 1. The molecular formula is C15H14FNO3. The molecule has 0 bridgehead atoms. The molecule has 20 heavy (non-hydrogen) atoms. The van der Waals surface area contributed by atoms with Crippen LogP contribution in [0.3, 0.4) is 0 Å². The Labute approximate surface area is 114 Å². The molecule has 0 saturated heterocycles. The summed E-state index contributed by atoms with van der Waals surface area (Å²) in [6.45, 7) is 0. The third-order valence-corrected chi connectivity index (χ3v) is 4.02. The van der Waals surface area contributed by atoms with Gasteiger partial charge in [-0.15, -0.1) is 0 Å². The van der Waals surface area contributed by atoms with Gasteiger partial charge in [0.2, 0.25) is 5.43 Å². The van der Waals surface area contributed by atoms with E-state index in [0.29, 0.717) is 11.1 Å². The lowest BCUT2D eigenvalue weighted by Crippen LogP contribution is -2.16. The standard InChI is InChI=1S/C15H14FNO3/c16-12-6-13-10(5-9(12)8-3-1-2-4-8)14(18)11(7-17-13)15(19)20/h5-8H,1-4H2,(H,17,18)(H,19,20). The average molecular weight is 275 g/mol. The van der Waals surface area contributed by atoms with Crippen LogP contribution >= 0.6 is 0 Å². The Balaban J connectivity index is 2.23. The fraction of sp³-hybridized carbons (Fsp3) is 0.333. The molecule has 0 radical (unpaired) electrons. The van der Waals surface area contributed by atoms with Crippen molar-refractivity contribution >= 4 is 16.9 Å². The number of fused-ring (bicyclic) bond motifs is 1. The van der Waals surface area contributed by atoms with E-state index in [1.807, 2.05) is 0 Å². The number of hydrogen-bond acceptors (Lipinski definition) is 2. The third-order valence-electron chi connectivity index (χ3n) is 4.02. The predicted molar refractivity (Wildman–Crippen MR) is 72.7 cm³/mol. The molecule has 1 aliphatic rings. The number of aromatic carboxylic acids is 1. The van der Waals surface area contributed by atoms with Crippen molar-refractivity contribution in [2.45, 2.75) is 31.6 Å². The number of carboxylic acid groups (broad SMARTS) is 1. The topological polar surface area (TPSA) is 70.2 Å². The van der Waals surface area contributed by atoms with E-state index in [0.717, 1.165) is 31.9 Å². The molecule has 1 saturated carbocycles. The highest BCUT2D eigenvalue weighted by atomic mass is 19.1. The summed E-state index contributed by atoms with van der Waals surface area (Å²) in [7, 11) is 0. The fourth-order valence-corrected chi connectivity index (χ4v) is 2.97. The van der Waals surface area contributed by atoms with Gasteiger partial charge in [0.1, 0.15) is 11.4 Å². The lowest BCUT2D eigenvalue weighted by Gasteiger charge is -2.12. The first-order valence-corrected chi connectivity index (χ1v) is 6.66. The molecule has 1 heterocycles. The van der Waals surface area contributed by atoms with E-state index in [2.05, 4.69) is 4.98 Å². The highest BCUT2D eigenvalue weighted by molar-refractivity contribution is 5.92. The quantitative estimate of drug-likeness (QED) is 0.885. The molecular weight excluding hydrogens is 261 g/mol. The Bertz CT molecular complexity index is 745. The van der Waals surface area contributed by atoms with Crippen molar-refractivity contribution in [3.05, 3.63) is 45.5 Å². The van der Waals surface area contributed by atoms with Crippen LogP contribution in [0.25, 0.3) is 10.9 Å². The van der Waals surface area contributed by atoms with Gasteiger partial charge in [0, 0.05) is 11.6 Å². The van der Waals surface area contributed by atoms with Crippen LogP contribution in [0.15, 0.2) is 23.1 Å². The Morgan fingerprint density at radius 2 is 2.00 bits per heavy atom. The number of pyridine rings is 1. The maximum absolute atomic E-state index is 14.1. The minimum atomic E-state index is -1.28. The van der Waals surface area contributed by atoms with Crippen LogP contribution in [-0.4, -0.2) is 16.1 Å². The second-order valence-electron chi connectivity index (χ2n) is 5.24. The molecule has 0 amide bonds. The Kier molecular flexibility index (Phi) is 3.04. The van der Waals surface area contributed by atoms with Gasteiger partial charge in [0.05, 0.1) is 5.52 Å². The van der Waals surface area contributed by atoms with E-state index < -0.39 is 11.4 Å². The van der Waals surface area contributed by atoms with E-state index >= 15 is 0 Å². The number of carbonyl (C=O) groups is 1. The smallest absolute Gasteiger partial charge is 0.341 e. The summed E-state index contributed by atoms with van der Waals surface area (Å²) in [4.78, 5) is 25.8. The van der Waals surface area contributed by atoms with E-state index in [4.69, 9.17) is 5.11 Å². The van der Waals surface area contributed by atoms with Crippen LogP contribution in [0, 0.1) is 5.82 Å². The number of carboxylic acids is 1. The first-order valence-electron chi connectivity index (χ1n) is 6.66. The van der Waals surface area contributed by atoms with Gasteiger partial charge in [0.15, 0.2) is 0 Å². The Hall–Kier alpha value is -2.17. The minimum absolute atomic E-state index is 0.132. The van der Waals surface area contributed by atoms with Crippen molar-refractivity contribution in [2.24, 2.45) is 0 Å². The predicted octanol–water partition coefficient (Wildman–Crippen LogP) is 3.02. The molecule has 0 unspecified atom stereocenters. The van der Waals surface area contributed by atoms with E-state index in [9.17, 15) is 14.0 Å². The van der Waals surface area contributed by atoms with Gasteiger partial charge in [-0.05, 0) is 36.5 Å². The molecule has 2 aromatic rings. The van der Waals surface area contributed by atoms with Crippen LogP contribution in [0.1, 0.15) is 47.5 Å².